The van der Waals surface area contributed by atoms with Gasteiger partial charge in [0.25, 0.3) is 0 Å². The average molecular weight is 782 g/mol. The van der Waals surface area contributed by atoms with E-state index in [4.69, 9.17) is 4.98 Å². The van der Waals surface area contributed by atoms with Gasteiger partial charge in [-0.15, -0.1) is 0 Å². The van der Waals surface area contributed by atoms with Crippen LogP contribution in [-0.4, -0.2) is 20.8 Å². The van der Waals surface area contributed by atoms with Crippen molar-refractivity contribution in [2.24, 2.45) is 0 Å². The van der Waals surface area contributed by atoms with Gasteiger partial charge in [-0.1, -0.05) is 177 Å². The maximum Gasteiger partial charge on any atom is 0.159 e. The fourth-order valence-corrected chi connectivity index (χ4v) is 7.49. The molecule has 3 nitrogen and oxygen atoms in total. The van der Waals surface area contributed by atoms with Gasteiger partial charge in [-0.05, 0) is 94.6 Å². The predicted octanol–water partition coefficient (Wildman–Crippen LogP) is 15.1. The molecule has 7 aromatic carbocycles. The standard InChI is InChI=1S/C50H35N3.C4H8.CH4S/c1-3-42(39-22-18-35(19-23-39)34-12-6-5-7-13-34)43(4-2)46-32-33-51-50(52-46)40-24-20-36(21-25-40)37-26-29-41(30-27-37)53-47-17-11-10-16-45(47)49-44-15-9-8-14-38(44)28-31-48(49)53;1-3-4-2;1-2/h3-33H,1-2H2;3-4H,1-2H3;2H,1H3/b43-42-;4-3-;. The quantitative estimate of drug-likeness (QED) is 0.0945. The molecule has 0 radical (unpaired) electrons. The molecule has 0 bridgehead atoms. The molecule has 0 fully saturated rings. The fraction of sp³-hybridized carbons (Fsp3) is 0.0545. The predicted molar refractivity (Wildman–Crippen MR) is 259 cm³/mol. The van der Waals surface area contributed by atoms with E-state index in [1.54, 1.807) is 6.26 Å². The van der Waals surface area contributed by atoms with Gasteiger partial charge in [-0.3, -0.25) is 0 Å². The Hall–Kier alpha value is -7.01. The number of hydrogen-bond acceptors (Lipinski definition) is 3. The lowest BCUT2D eigenvalue weighted by Gasteiger charge is -2.12. The molecule has 2 heterocycles. The van der Waals surface area contributed by atoms with E-state index in [1.165, 1.54) is 43.7 Å². The van der Waals surface area contributed by atoms with Crippen molar-refractivity contribution in [3.05, 3.63) is 225 Å². The van der Waals surface area contributed by atoms with Gasteiger partial charge in [0, 0.05) is 33.8 Å². The molecular formula is C55H47N3S. The molecule has 0 N–H and O–H groups in total. The second-order valence-corrected chi connectivity index (χ2v) is 13.8. The summed E-state index contributed by atoms with van der Waals surface area (Å²) >= 11 is 3.53. The Balaban J connectivity index is 0.000000832. The number of para-hydroxylation sites is 1. The zero-order valence-corrected chi connectivity index (χ0v) is 34.7. The van der Waals surface area contributed by atoms with Crippen LogP contribution < -0.4 is 0 Å². The molecule has 0 aliphatic heterocycles. The molecule has 0 spiro atoms. The van der Waals surface area contributed by atoms with Crippen LogP contribution in [-0.2, 0) is 0 Å². The number of nitrogens with zero attached hydrogens (tertiary/aromatic N) is 3. The Morgan fingerprint density at radius 1 is 0.508 bits per heavy atom. The minimum Gasteiger partial charge on any atom is -0.309 e. The van der Waals surface area contributed by atoms with Gasteiger partial charge in [0.1, 0.15) is 0 Å². The van der Waals surface area contributed by atoms with Crippen LogP contribution in [0.25, 0.3) is 83.1 Å². The first-order valence-corrected chi connectivity index (χ1v) is 20.6. The fourth-order valence-electron chi connectivity index (χ4n) is 7.49. The molecule has 0 amide bonds. The Kier molecular flexibility index (Phi) is 12.9. The van der Waals surface area contributed by atoms with E-state index >= 15 is 0 Å². The summed E-state index contributed by atoms with van der Waals surface area (Å²) in [6.45, 7) is 12.3. The maximum atomic E-state index is 4.99. The smallest absolute Gasteiger partial charge is 0.159 e. The van der Waals surface area contributed by atoms with Crippen molar-refractivity contribution in [3.63, 3.8) is 0 Å². The third kappa shape index (κ3) is 8.36. The first kappa shape index (κ1) is 40.2. The number of benzene rings is 7. The highest BCUT2D eigenvalue weighted by Gasteiger charge is 2.15. The third-order valence-electron chi connectivity index (χ3n) is 10.4. The molecule has 59 heavy (non-hydrogen) atoms. The zero-order valence-electron chi connectivity index (χ0n) is 33.8. The van der Waals surface area contributed by atoms with Gasteiger partial charge in [0.15, 0.2) is 5.82 Å². The van der Waals surface area contributed by atoms with E-state index in [2.05, 4.69) is 193 Å². The summed E-state index contributed by atoms with van der Waals surface area (Å²) in [6.07, 6.45) is 11.2. The van der Waals surface area contributed by atoms with E-state index in [0.717, 1.165) is 44.8 Å². The average Bonchev–Trinajstić information content (AvgIpc) is 3.67. The number of allylic oxidation sites excluding steroid dienone is 6. The van der Waals surface area contributed by atoms with Crippen molar-refractivity contribution in [1.82, 2.24) is 14.5 Å². The van der Waals surface area contributed by atoms with Gasteiger partial charge >= 0.3 is 0 Å². The summed E-state index contributed by atoms with van der Waals surface area (Å²) in [5, 5.41) is 5.08. The molecule has 4 heteroatoms. The molecule has 9 rings (SSSR count). The highest BCUT2D eigenvalue weighted by molar-refractivity contribution is 7.79. The lowest BCUT2D eigenvalue weighted by Crippen LogP contribution is -1.96. The molecule has 0 aliphatic carbocycles. The van der Waals surface area contributed by atoms with Crippen LogP contribution in [0.4, 0.5) is 0 Å². The first-order valence-electron chi connectivity index (χ1n) is 19.7. The lowest BCUT2D eigenvalue weighted by atomic mass is 9.95. The molecule has 0 unspecified atom stereocenters. The van der Waals surface area contributed by atoms with Crippen molar-refractivity contribution in [2.75, 3.05) is 6.26 Å². The molecule has 2 aromatic heterocycles. The van der Waals surface area contributed by atoms with Crippen molar-refractivity contribution >= 4 is 56.4 Å². The summed E-state index contributed by atoms with van der Waals surface area (Å²) in [6, 6.07) is 59.9. The SMILES string of the molecule is C/C=C\C.C=C/C(=C(\C=C)c1ccnc(-c2ccc(-c3ccc(-n4c5ccccc5c5c6ccccc6ccc54)cc3)cc2)n1)c1ccc(-c2ccccc2)cc1.CS. The molecule has 9 aromatic rings. The van der Waals surface area contributed by atoms with Crippen molar-refractivity contribution in [2.45, 2.75) is 13.8 Å². The summed E-state index contributed by atoms with van der Waals surface area (Å²) in [7, 11) is 0. The summed E-state index contributed by atoms with van der Waals surface area (Å²) in [4.78, 5) is 9.64. The normalized spacial score (nSPS) is 11.4. The van der Waals surface area contributed by atoms with E-state index < -0.39 is 0 Å². The molecule has 288 valence electrons. The molecular weight excluding hydrogens is 735 g/mol. The maximum absolute atomic E-state index is 4.99. The second kappa shape index (κ2) is 19.0. The zero-order chi connectivity index (χ0) is 41.1. The lowest BCUT2D eigenvalue weighted by molar-refractivity contribution is 1.15. The minimum atomic E-state index is 0.658. The molecule has 0 atom stereocenters. The van der Waals surface area contributed by atoms with Crippen LogP contribution in [0.5, 0.6) is 0 Å². The largest absolute Gasteiger partial charge is 0.309 e. The summed E-state index contributed by atoms with van der Waals surface area (Å²) in [5.41, 5.74) is 12.8. The van der Waals surface area contributed by atoms with Crippen LogP contribution in [0.15, 0.2) is 214 Å². The van der Waals surface area contributed by atoms with E-state index in [1.807, 2.05) is 56.5 Å². The van der Waals surface area contributed by atoms with Crippen LogP contribution in [0, 0.1) is 0 Å². The highest BCUT2D eigenvalue weighted by atomic mass is 32.1. The highest BCUT2D eigenvalue weighted by Crippen LogP contribution is 2.37. The Morgan fingerprint density at radius 2 is 1.05 bits per heavy atom. The van der Waals surface area contributed by atoms with Crippen LogP contribution in [0.2, 0.25) is 0 Å². The van der Waals surface area contributed by atoms with Crippen molar-refractivity contribution < 1.29 is 0 Å². The Morgan fingerprint density at radius 3 is 1.69 bits per heavy atom. The van der Waals surface area contributed by atoms with E-state index in [-0.39, 0.29) is 0 Å². The topological polar surface area (TPSA) is 30.7 Å². The van der Waals surface area contributed by atoms with Crippen molar-refractivity contribution in [1.29, 1.82) is 0 Å². The van der Waals surface area contributed by atoms with E-state index in [9.17, 15) is 0 Å². The van der Waals surface area contributed by atoms with Gasteiger partial charge in [-0.25, -0.2) is 9.97 Å². The third-order valence-corrected chi connectivity index (χ3v) is 10.4. The number of hydrogen-bond donors (Lipinski definition) is 1. The number of thiol groups is 1. The van der Waals surface area contributed by atoms with Crippen molar-refractivity contribution in [3.8, 4) is 39.3 Å². The number of aromatic nitrogens is 3. The Labute approximate surface area is 353 Å². The summed E-state index contributed by atoms with van der Waals surface area (Å²) in [5.74, 6) is 0.658. The molecule has 0 aliphatic rings. The number of fused-ring (bicyclic) bond motifs is 5. The monoisotopic (exact) mass is 781 g/mol. The second-order valence-electron chi connectivity index (χ2n) is 13.8. The van der Waals surface area contributed by atoms with Crippen LogP contribution >= 0.6 is 12.6 Å². The molecule has 0 saturated carbocycles. The van der Waals surface area contributed by atoms with Gasteiger partial charge in [-0.2, -0.15) is 12.6 Å². The van der Waals surface area contributed by atoms with Gasteiger partial charge in [0.05, 0.1) is 16.7 Å². The van der Waals surface area contributed by atoms with Crippen LogP contribution in [0.3, 0.4) is 0 Å². The number of rotatable bonds is 8. The van der Waals surface area contributed by atoms with Crippen LogP contribution in [0.1, 0.15) is 25.1 Å². The first-order chi connectivity index (χ1) is 29.1. The van der Waals surface area contributed by atoms with E-state index in [0.29, 0.717) is 5.82 Å². The van der Waals surface area contributed by atoms with Gasteiger partial charge in [0.2, 0.25) is 0 Å². The van der Waals surface area contributed by atoms with Gasteiger partial charge < -0.3 is 4.57 Å². The summed E-state index contributed by atoms with van der Waals surface area (Å²) < 4.78 is 2.37. The Bertz CT molecular complexity index is 2910. The molecule has 0 saturated heterocycles. The minimum absolute atomic E-state index is 0.658.